The fourth-order valence-electron chi connectivity index (χ4n) is 3.79. The molecule has 0 saturated carbocycles. The Balaban J connectivity index is 2.08. The zero-order valence-corrected chi connectivity index (χ0v) is 17.1. The van der Waals surface area contributed by atoms with E-state index in [1.54, 1.807) is 6.92 Å². The van der Waals surface area contributed by atoms with Crippen molar-refractivity contribution in [3.05, 3.63) is 46.7 Å². The van der Waals surface area contributed by atoms with E-state index in [0.717, 1.165) is 12.1 Å². The maximum atomic E-state index is 13.1. The van der Waals surface area contributed by atoms with Crippen LogP contribution >= 0.6 is 0 Å². The van der Waals surface area contributed by atoms with Gasteiger partial charge in [0.2, 0.25) is 0 Å². The van der Waals surface area contributed by atoms with Crippen LogP contribution in [0.2, 0.25) is 0 Å². The SMILES string of the molecule is CCOC(=O)C1=C(C)N([C@@H]2CCS(=O)(=O)C2)C(=O)N[C@H]1c1cccc(C(F)(F)F)c1. The topological polar surface area (TPSA) is 92.8 Å². The molecule has 0 aromatic heterocycles. The molecule has 0 spiro atoms. The quantitative estimate of drug-likeness (QED) is 0.718. The van der Waals surface area contributed by atoms with Crippen molar-refractivity contribution in [2.75, 3.05) is 18.1 Å². The molecule has 30 heavy (non-hydrogen) atoms. The van der Waals surface area contributed by atoms with Crippen molar-refractivity contribution in [1.82, 2.24) is 10.2 Å². The highest BCUT2D eigenvalue weighted by atomic mass is 32.2. The number of benzene rings is 1. The summed E-state index contributed by atoms with van der Waals surface area (Å²) >= 11 is 0. The molecule has 2 amide bonds. The van der Waals surface area contributed by atoms with Crippen molar-refractivity contribution in [3.8, 4) is 0 Å². The zero-order chi connectivity index (χ0) is 22.3. The minimum Gasteiger partial charge on any atom is -0.463 e. The Morgan fingerprint density at radius 1 is 1.33 bits per heavy atom. The van der Waals surface area contributed by atoms with Crippen LogP contribution in [0.15, 0.2) is 35.5 Å². The molecule has 1 N–H and O–H groups in total. The number of sulfone groups is 1. The number of urea groups is 1. The monoisotopic (exact) mass is 446 g/mol. The van der Waals surface area contributed by atoms with Crippen molar-refractivity contribution in [1.29, 1.82) is 0 Å². The van der Waals surface area contributed by atoms with Gasteiger partial charge in [-0.3, -0.25) is 4.90 Å². The summed E-state index contributed by atoms with van der Waals surface area (Å²) in [6.45, 7) is 3.07. The first-order chi connectivity index (χ1) is 13.9. The van der Waals surface area contributed by atoms with Crippen LogP contribution in [-0.4, -0.2) is 49.5 Å². The van der Waals surface area contributed by atoms with Gasteiger partial charge in [0.05, 0.1) is 41.3 Å². The second kappa shape index (κ2) is 7.93. The molecule has 7 nitrogen and oxygen atoms in total. The lowest BCUT2D eigenvalue weighted by atomic mass is 9.93. The van der Waals surface area contributed by atoms with Crippen LogP contribution in [0.4, 0.5) is 18.0 Å². The maximum Gasteiger partial charge on any atom is 0.416 e. The Morgan fingerprint density at radius 2 is 2.03 bits per heavy atom. The van der Waals surface area contributed by atoms with Gasteiger partial charge in [0.1, 0.15) is 0 Å². The number of esters is 1. The molecule has 3 rings (SSSR count). The van der Waals surface area contributed by atoms with E-state index in [1.165, 1.54) is 24.0 Å². The number of allylic oxidation sites excluding steroid dienone is 1. The number of hydrogen-bond acceptors (Lipinski definition) is 5. The maximum absolute atomic E-state index is 13.1. The average Bonchev–Trinajstić information content (AvgIpc) is 3.00. The number of nitrogens with zero attached hydrogens (tertiary/aromatic N) is 1. The molecular formula is C19H21F3N2O5S. The summed E-state index contributed by atoms with van der Waals surface area (Å²) in [7, 11) is -3.31. The molecule has 1 fully saturated rings. The predicted octanol–water partition coefficient (Wildman–Crippen LogP) is 2.80. The molecule has 1 aromatic carbocycles. The number of nitrogens with one attached hydrogen (secondary N) is 1. The molecule has 0 bridgehead atoms. The minimum absolute atomic E-state index is 0.0245. The van der Waals surface area contributed by atoms with Crippen molar-refractivity contribution < 1.29 is 35.9 Å². The Labute approximate surface area is 171 Å². The van der Waals surface area contributed by atoms with Crippen LogP contribution in [0.5, 0.6) is 0 Å². The van der Waals surface area contributed by atoms with Gasteiger partial charge < -0.3 is 10.1 Å². The van der Waals surface area contributed by atoms with Gasteiger partial charge in [-0.15, -0.1) is 0 Å². The number of ether oxygens (including phenoxy) is 1. The van der Waals surface area contributed by atoms with E-state index in [2.05, 4.69) is 5.32 Å². The van der Waals surface area contributed by atoms with E-state index < -0.39 is 45.7 Å². The number of hydrogen-bond donors (Lipinski definition) is 1. The molecule has 1 saturated heterocycles. The molecule has 2 aliphatic heterocycles. The Kier molecular flexibility index (Phi) is 5.85. The Hall–Kier alpha value is -2.56. The summed E-state index contributed by atoms with van der Waals surface area (Å²) in [6, 6.07) is 1.83. The molecule has 0 aliphatic carbocycles. The summed E-state index contributed by atoms with van der Waals surface area (Å²) < 4.78 is 68.2. The summed E-state index contributed by atoms with van der Waals surface area (Å²) in [6.07, 6.45) is -4.39. The second-order valence-corrected chi connectivity index (χ2v) is 9.38. The van der Waals surface area contributed by atoms with E-state index in [1.807, 2.05) is 0 Å². The first-order valence-corrected chi connectivity index (χ1v) is 11.1. The van der Waals surface area contributed by atoms with Crippen LogP contribution < -0.4 is 5.32 Å². The lowest BCUT2D eigenvalue weighted by molar-refractivity contribution is -0.139. The van der Waals surface area contributed by atoms with Gasteiger partial charge in [-0.1, -0.05) is 12.1 Å². The number of carbonyl (C=O) groups excluding carboxylic acids is 2. The van der Waals surface area contributed by atoms with Crippen LogP contribution in [0, 0.1) is 0 Å². The van der Waals surface area contributed by atoms with Crippen molar-refractivity contribution in [2.24, 2.45) is 0 Å². The molecule has 164 valence electrons. The first-order valence-electron chi connectivity index (χ1n) is 9.30. The molecular weight excluding hydrogens is 425 g/mol. The van der Waals surface area contributed by atoms with E-state index in [-0.39, 0.29) is 41.4 Å². The van der Waals surface area contributed by atoms with Gasteiger partial charge in [-0.2, -0.15) is 13.2 Å². The standard InChI is InChI=1S/C19H21F3N2O5S/c1-3-29-17(25)15-11(2)24(14-7-8-30(27,28)10-14)18(26)23-16(15)12-5-4-6-13(9-12)19(20,21)22/h4-6,9,14,16H,3,7-8,10H2,1-2H3,(H,23,26)/t14-,16+/m1/s1. The fraction of sp³-hybridized carbons (Fsp3) is 0.474. The number of amides is 2. The van der Waals surface area contributed by atoms with Crippen LogP contribution in [0.3, 0.4) is 0 Å². The van der Waals surface area contributed by atoms with Crippen molar-refractivity contribution >= 4 is 21.8 Å². The molecule has 0 radical (unpaired) electrons. The van der Waals surface area contributed by atoms with Gasteiger partial charge in [-0.05, 0) is 38.0 Å². The summed E-state index contributed by atoms with van der Waals surface area (Å²) in [5, 5.41) is 2.55. The van der Waals surface area contributed by atoms with Crippen LogP contribution in [0.1, 0.15) is 37.4 Å². The Bertz CT molecular complexity index is 1000. The molecule has 0 unspecified atom stereocenters. The number of halogens is 3. The van der Waals surface area contributed by atoms with Gasteiger partial charge in [0, 0.05) is 5.70 Å². The average molecular weight is 446 g/mol. The van der Waals surface area contributed by atoms with Gasteiger partial charge >= 0.3 is 18.2 Å². The fourth-order valence-corrected chi connectivity index (χ4v) is 5.49. The highest BCUT2D eigenvalue weighted by Crippen LogP contribution is 2.37. The number of rotatable bonds is 4. The summed E-state index contributed by atoms with van der Waals surface area (Å²) in [4.78, 5) is 26.7. The minimum atomic E-state index is -4.60. The van der Waals surface area contributed by atoms with Gasteiger partial charge in [-0.25, -0.2) is 18.0 Å². The zero-order valence-electron chi connectivity index (χ0n) is 16.3. The van der Waals surface area contributed by atoms with Gasteiger partial charge in [0.15, 0.2) is 9.84 Å². The highest BCUT2D eigenvalue weighted by Gasteiger charge is 2.43. The number of alkyl halides is 3. The van der Waals surface area contributed by atoms with Crippen molar-refractivity contribution in [3.63, 3.8) is 0 Å². The third-order valence-electron chi connectivity index (χ3n) is 5.14. The van der Waals surface area contributed by atoms with E-state index in [9.17, 15) is 31.2 Å². The molecule has 1 aromatic rings. The first kappa shape index (κ1) is 22.1. The van der Waals surface area contributed by atoms with Crippen LogP contribution in [0.25, 0.3) is 0 Å². The van der Waals surface area contributed by atoms with E-state index in [4.69, 9.17) is 4.74 Å². The number of carbonyl (C=O) groups is 2. The summed E-state index contributed by atoms with van der Waals surface area (Å²) in [5.74, 6) is -1.12. The largest absolute Gasteiger partial charge is 0.463 e. The van der Waals surface area contributed by atoms with E-state index >= 15 is 0 Å². The highest BCUT2D eigenvalue weighted by molar-refractivity contribution is 7.91. The third kappa shape index (κ3) is 4.30. The predicted molar refractivity (Wildman–Crippen MR) is 101 cm³/mol. The molecule has 2 aliphatic rings. The third-order valence-corrected chi connectivity index (χ3v) is 6.89. The van der Waals surface area contributed by atoms with Gasteiger partial charge in [0.25, 0.3) is 0 Å². The Morgan fingerprint density at radius 3 is 2.60 bits per heavy atom. The molecule has 11 heteroatoms. The second-order valence-electron chi connectivity index (χ2n) is 7.15. The molecule has 2 atom stereocenters. The lowest BCUT2D eigenvalue weighted by Gasteiger charge is -2.38. The molecule has 2 heterocycles. The smallest absolute Gasteiger partial charge is 0.416 e. The van der Waals surface area contributed by atoms with E-state index in [0.29, 0.717) is 0 Å². The lowest BCUT2D eigenvalue weighted by Crippen LogP contribution is -2.52. The van der Waals surface area contributed by atoms with Crippen LogP contribution in [-0.2, 0) is 25.5 Å². The summed E-state index contributed by atoms with van der Waals surface area (Å²) in [5.41, 5.74) is -0.708. The van der Waals surface area contributed by atoms with Crippen molar-refractivity contribution in [2.45, 2.75) is 38.5 Å². The normalized spacial score (nSPS) is 24.0.